The highest BCUT2D eigenvalue weighted by Gasteiger charge is 2.49. The number of aliphatic hydroxyl groups is 1. The van der Waals surface area contributed by atoms with Crippen molar-refractivity contribution in [2.24, 2.45) is 12.5 Å². The van der Waals surface area contributed by atoms with Crippen LogP contribution >= 0.6 is 0 Å². The maximum absolute atomic E-state index is 12.3. The van der Waals surface area contributed by atoms with Crippen molar-refractivity contribution < 1.29 is 19.8 Å². The lowest BCUT2D eigenvalue weighted by molar-refractivity contribution is -0.0108. The third-order valence-corrected chi connectivity index (χ3v) is 3.88. The molecule has 8 heteroatoms. The Balaban J connectivity index is 2.11. The fourth-order valence-corrected chi connectivity index (χ4v) is 2.96. The number of aryl methyl sites for hydroxylation is 1. The molecule has 0 radical (unpaired) electrons. The molecule has 2 amide bonds. The molecule has 2 rings (SSSR count). The first-order valence-corrected chi connectivity index (χ1v) is 7.09. The van der Waals surface area contributed by atoms with Crippen molar-refractivity contribution in [1.82, 2.24) is 20.0 Å². The second-order valence-electron chi connectivity index (χ2n) is 6.63. The summed E-state index contributed by atoms with van der Waals surface area (Å²) in [7, 11) is 1.62. The van der Waals surface area contributed by atoms with E-state index >= 15 is 0 Å². The third-order valence-electron chi connectivity index (χ3n) is 3.88. The smallest absolute Gasteiger partial charge is 0.407 e. The maximum atomic E-state index is 12.3. The van der Waals surface area contributed by atoms with Gasteiger partial charge < -0.3 is 20.4 Å². The second kappa shape index (κ2) is 5.60. The number of aromatic nitrogens is 2. The van der Waals surface area contributed by atoms with Crippen molar-refractivity contribution in [3.05, 3.63) is 17.5 Å². The van der Waals surface area contributed by atoms with Crippen LogP contribution < -0.4 is 5.32 Å². The van der Waals surface area contributed by atoms with Gasteiger partial charge in [-0.25, -0.2) is 4.79 Å². The average Bonchev–Trinajstić information content (AvgIpc) is 2.72. The first kappa shape index (κ1) is 16.3. The number of nitrogens with one attached hydrogen (secondary N) is 1. The topological polar surface area (TPSA) is 108 Å². The Kier molecular flexibility index (Phi) is 4.15. The summed E-state index contributed by atoms with van der Waals surface area (Å²) in [5.74, 6) is -0.320. The summed E-state index contributed by atoms with van der Waals surface area (Å²) in [6.45, 7) is 5.87. The van der Waals surface area contributed by atoms with E-state index in [0.29, 0.717) is 11.4 Å². The van der Waals surface area contributed by atoms with Gasteiger partial charge in [0, 0.05) is 13.6 Å². The molecule has 1 aromatic rings. The number of amides is 2. The lowest BCUT2D eigenvalue weighted by Crippen LogP contribution is -2.71. The summed E-state index contributed by atoms with van der Waals surface area (Å²) >= 11 is 0. The minimum absolute atomic E-state index is 0.234. The van der Waals surface area contributed by atoms with Gasteiger partial charge in [-0.3, -0.25) is 9.48 Å². The molecular weight excluding hydrogens is 288 g/mol. The molecule has 0 spiro atoms. The number of carboxylic acid groups (broad SMARTS) is 1. The largest absolute Gasteiger partial charge is 0.465 e. The Labute approximate surface area is 128 Å². The summed E-state index contributed by atoms with van der Waals surface area (Å²) in [6.07, 6.45) is -0.978. The molecule has 1 aromatic heterocycles. The van der Waals surface area contributed by atoms with E-state index in [1.54, 1.807) is 7.05 Å². The molecule has 2 heterocycles. The molecule has 2 atom stereocenters. The van der Waals surface area contributed by atoms with Gasteiger partial charge in [-0.15, -0.1) is 0 Å². The van der Waals surface area contributed by atoms with E-state index in [1.165, 1.54) is 15.6 Å². The van der Waals surface area contributed by atoms with E-state index in [4.69, 9.17) is 5.11 Å². The van der Waals surface area contributed by atoms with Gasteiger partial charge in [-0.1, -0.05) is 20.8 Å². The van der Waals surface area contributed by atoms with Crippen molar-refractivity contribution in [3.63, 3.8) is 0 Å². The lowest BCUT2D eigenvalue weighted by Gasteiger charge is -2.52. The first-order valence-electron chi connectivity index (χ1n) is 7.09. The van der Waals surface area contributed by atoms with Crippen LogP contribution in [0.15, 0.2) is 6.07 Å². The fraction of sp³-hybridized carbons (Fsp3) is 0.643. The molecule has 8 nitrogen and oxygen atoms in total. The van der Waals surface area contributed by atoms with Crippen molar-refractivity contribution in [2.45, 2.75) is 39.5 Å². The van der Waals surface area contributed by atoms with Crippen LogP contribution in [0.1, 0.15) is 37.0 Å². The quantitative estimate of drug-likeness (QED) is 0.750. The highest BCUT2D eigenvalue weighted by molar-refractivity contribution is 5.93. The number of hydrogen-bond donors (Lipinski definition) is 3. The van der Waals surface area contributed by atoms with Gasteiger partial charge >= 0.3 is 6.09 Å². The van der Waals surface area contributed by atoms with Crippen LogP contribution in [0.2, 0.25) is 0 Å². The molecule has 3 N–H and O–H groups in total. The van der Waals surface area contributed by atoms with Gasteiger partial charge in [0.1, 0.15) is 5.69 Å². The van der Waals surface area contributed by atoms with Crippen LogP contribution in [0.3, 0.4) is 0 Å². The zero-order valence-corrected chi connectivity index (χ0v) is 13.2. The number of carbonyl (C=O) groups is 2. The van der Waals surface area contributed by atoms with E-state index in [0.717, 1.165) is 0 Å². The summed E-state index contributed by atoms with van der Waals surface area (Å²) < 4.78 is 1.40. The van der Waals surface area contributed by atoms with E-state index in [1.807, 2.05) is 20.8 Å². The van der Waals surface area contributed by atoms with Crippen LogP contribution in [-0.4, -0.2) is 55.5 Å². The van der Waals surface area contributed by atoms with Crippen molar-refractivity contribution in [1.29, 1.82) is 0 Å². The van der Waals surface area contributed by atoms with E-state index < -0.39 is 6.09 Å². The molecule has 122 valence electrons. The van der Waals surface area contributed by atoms with Gasteiger partial charge in [0.2, 0.25) is 0 Å². The van der Waals surface area contributed by atoms with E-state index in [9.17, 15) is 14.7 Å². The standard InChI is InChI=1S/C14H22N4O4/c1-14(2,3)11-9(6-18(11)13(21)22)15-12(20)10-5-8(7-19)16-17(10)4/h5,9,11,19H,6-7H2,1-4H3,(H,15,20)(H,21,22). The van der Waals surface area contributed by atoms with Crippen molar-refractivity contribution in [3.8, 4) is 0 Å². The Hall–Kier alpha value is -2.09. The Morgan fingerprint density at radius 1 is 1.45 bits per heavy atom. The minimum atomic E-state index is -0.978. The maximum Gasteiger partial charge on any atom is 0.407 e. The summed E-state index contributed by atoms with van der Waals surface area (Å²) in [5.41, 5.74) is 0.475. The molecule has 1 fully saturated rings. The zero-order chi connectivity index (χ0) is 16.7. The SMILES string of the molecule is Cn1nc(CO)cc1C(=O)NC1CN(C(=O)O)C1C(C)(C)C. The van der Waals surface area contributed by atoms with E-state index in [-0.39, 0.29) is 36.6 Å². The van der Waals surface area contributed by atoms with Gasteiger partial charge in [-0.2, -0.15) is 5.10 Å². The Morgan fingerprint density at radius 3 is 2.55 bits per heavy atom. The molecule has 1 aliphatic rings. The molecule has 1 aliphatic heterocycles. The normalized spacial score (nSPS) is 21.4. The third kappa shape index (κ3) is 2.92. The van der Waals surface area contributed by atoms with Gasteiger partial charge in [0.05, 0.1) is 24.4 Å². The molecule has 0 aliphatic carbocycles. The first-order chi connectivity index (χ1) is 10.1. The average molecular weight is 310 g/mol. The number of rotatable bonds is 3. The molecule has 0 bridgehead atoms. The highest BCUT2D eigenvalue weighted by Crippen LogP contribution is 2.34. The van der Waals surface area contributed by atoms with Gasteiger partial charge in [0.25, 0.3) is 5.91 Å². The lowest BCUT2D eigenvalue weighted by atomic mass is 9.76. The number of nitrogens with zero attached hydrogens (tertiary/aromatic N) is 3. The fourth-order valence-electron chi connectivity index (χ4n) is 2.96. The molecular formula is C14H22N4O4. The number of carbonyl (C=O) groups excluding carboxylic acids is 1. The Morgan fingerprint density at radius 2 is 2.09 bits per heavy atom. The summed E-state index contributed by atoms with van der Waals surface area (Å²) in [6, 6.07) is 1.00. The molecule has 2 unspecified atom stereocenters. The predicted octanol–water partition coefficient (Wildman–Crippen LogP) is 0.419. The van der Waals surface area contributed by atoms with Crippen LogP contribution in [0, 0.1) is 5.41 Å². The predicted molar refractivity (Wildman–Crippen MR) is 78.4 cm³/mol. The van der Waals surface area contributed by atoms with Gasteiger partial charge in [0.15, 0.2) is 0 Å². The Bertz CT molecular complexity index is 590. The van der Waals surface area contributed by atoms with Crippen LogP contribution in [-0.2, 0) is 13.7 Å². The number of hydrogen-bond acceptors (Lipinski definition) is 4. The molecule has 1 saturated heterocycles. The molecule has 22 heavy (non-hydrogen) atoms. The second-order valence-corrected chi connectivity index (χ2v) is 6.63. The van der Waals surface area contributed by atoms with E-state index in [2.05, 4.69) is 10.4 Å². The zero-order valence-electron chi connectivity index (χ0n) is 13.2. The highest BCUT2D eigenvalue weighted by atomic mass is 16.4. The van der Waals surface area contributed by atoms with Gasteiger partial charge in [-0.05, 0) is 11.5 Å². The molecule has 0 saturated carbocycles. The minimum Gasteiger partial charge on any atom is -0.465 e. The summed E-state index contributed by atoms with van der Waals surface area (Å²) in [5, 5.41) is 25.1. The van der Waals surface area contributed by atoms with Crippen molar-refractivity contribution in [2.75, 3.05) is 6.54 Å². The van der Waals surface area contributed by atoms with Crippen molar-refractivity contribution >= 4 is 12.0 Å². The number of aliphatic hydroxyl groups excluding tert-OH is 1. The van der Waals surface area contributed by atoms with Crippen LogP contribution in [0.4, 0.5) is 4.79 Å². The summed E-state index contributed by atoms with van der Waals surface area (Å²) in [4.78, 5) is 24.9. The number of likely N-dealkylation sites (tertiary alicyclic amines) is 1. The molecule has 0 aromatic carbocycles. The monoisotopic (exact) mass is 310 g/mol. The van der Waals surface area contributed by atoms with Crippen LogP contribution in [0.5, 0.6) is 0 Å². The van der Waals surface area contributed by atoms with Crippen LogP contribution in [0.25, 0.3) is 0 Å².